The van der Waals surface area contributed by atoms with Crippen LogP contribution in [-0.4, -0.2) is 25.9 Å². The molecule has 1 fully saturated rings. The maximum atomic E-state index is 5.90. The summed E-state index contributed by atoms with van der Waals surface area (Å²) in [5.74, 6) is 0. The van der Waals surface area contributed by atoms with E-state index in [1.165, 1.54) is 0 Å². The lowest BCUT2D eigenvalue weighted by Crippen LogP contribution is -2.34. The second-order valence-corrected chi connectivity index (χ2v) is 4.71. The Bertz CT molecular complexity index is 381. The first kappa shape index (κ1) is 11.5. The molecule has 0 aliphatic carbocycles. The highest BCUT2D eigenvalue weighted by Crippen LogP contribution is 2.26. The van der Waals surface area contributed by atoms with Gasteiger partial charge < -0.3 is 14.6 Å². The molecular formula is C12H18BNO2. The van der Waals surface area contributed by atoms with Gasteiger partial charge in [-0.3, -0.25) is 0 Å². The monoisotopic (exact) mass is 219 g/mol. The van der Waals surface area contributed by atoms with E-state index < -0.39 is 0 Å². The summed E-state index contributed by atoms with van der Waals surface area (Å²) in [6, 6.07) is 8.11. The van der Waals surface area contributed by atoms with Crippen LogP contribution in [0.25, 0.3) is 0 Å². The molecule has 0 spiro atoms. The Hall–Kier alpha value is -0.995. The van der Waals surface area contributed by atoms with Crippen molar-refractivity contribution in [3.63, 3.8) is 0 Å². The van der Waals surface area contributed by atoms with Crippen LogP contribution in [0.4, 0.5) is 5.69 Å². The molecule has 0 radical (unpaired) electrons. The highest BCUT2D eigenvalue weighted by molar-refractivity contribution is 6.62. The van der Waals surface area contributed by atoms with Crippen LogP contribution in [0.5, 0.6) is 0 Å². The molecule has 0 bridgehead atoms. The minimum atomic E-state index is -0.252. The van der Waals surface area contributed by atoms with Gasteiger partial charge >= 0.3 is 7.12 Å². The molecule has 0 saturated carbocycles. The Morgan fingerprint density at radius 1 is 1.38 bits per heavy atom. The van der Waals surface area contributed by atoms with E-state index in [2.05, 4.69) is 25.2 Å². The largest absolute Gasteiger partial charge is 0.494 e. The lowest BCUT2D eigenvalue weighted by molar-refractivity contribution is 0.0842. The predicted molar refractivity (Wildman–Crippen MR) is 67.1 cm³/mol. The SMILES string of the molecule is CNc1cccc(B2OC(C)C(C)(C)O2)c1. The van der Waals surface area contributed by atoms with Crippen LogP contribution in [-0.2, 0) is 9.31 Å². The Balaban J connectivity index is 2.20. The van der Waals surface area contributed by atoms with Crippen molar-refractivity contribution in [1.29, 1.82) is 0 Å². The molecule has 3 nitrogen and oxygen atoms in total. The van der Waals surface area contributed by atoms with Crippen LogP contribution in [0.1, 0.15) is 20.8 Å². The first-order valence-corrected chi connectivity index (χ1v) is 5.64. The topological polar surface area (TPSA) is 30.5 Å². The molecule has 1 aliphatic rings. The predicted octanol–water partition coefficient (Wildman–Crippen LogP) is 1.64. The fourth-order valence-electron chi connectivity index (χ4n) is 1.74. The van der Waals surface area contributed by atoms with Crippen LogP contribution in [0.2, 0.25) is 0 Å². The standard InChI is InChI=1S/C12H18BNO2/c1-9-12(2,3)16-13(15-9)10-6-5-7-11(8-10)14-4/h5-9,14H,1-4H3. The molecule has 1 aromatic rings. The van der Waals surface area contributed by atoms with Gasteiger partial charge in [0.15, 0.2) is 0 Å². The summed E-state index contributed by atoms with van der Waals surface area (Å²) in [7, 11) is 1.65. The fraction of sp³-hybridized carbons (Fsp3) is 0.500. The molecule has 4 heteroatoms. The average molecular weight is 219 g/mol. The smallest absolute Gasteiger partial charge is 0.402 e. The van der Waals surface area contributed by atoms with Crippen LogP contribution < -0.4 is 10.8 Å². The van der Waals surface area contributed by atoms with Crippen molar-refractivity contribution in [3.05, 3.63) is 24.3 Å². The third-order valence-electron chi connectivity index (χ3n) is 3.16. The molecule has 1 aliphatic heterocycles. The molecule has 1 heterocycles. The van der Waals surface area contributed by atoms with Crippen LogP contribution in [0, 0.1) is 0 Å². The Morgan fingerprint density at radius 2 is 2.12 bits per heavy atom. The number of hydrogen-bond donors (Lipinski definition) is 1. The summed E-state index contributed by atoms with van der Waals surface area (Å²) in [6.45, 7) is 6.15. The summed E-state index contributed by atoms with van der Waals surface area (Å²) in [4.78, 5) is 0. The maximum Gasteiger partial charge on any atom is 0.494 e. The van der Waals surface area contributed by atoms with Gasteiger partial charge in [-0.15, -0.1) is 0 Å². The summed E-state index contributed by atoms with van der Waals surface area (Å²) in [5.41, 5.74) is 1.91. The van der Waals surface area contributed by atoms with E-state index in [4.69, 9.17) is 9.31 Å². The van der Waals surface area contributed by atoms with Gasteiger partial charge in [0, 0.05) is 12.7 Å². The number of hydrogen-bond acceptors (Lipinski definition) is 3. The van der Waals surface area contributed by atoms with E-state index in [-0.39, 0.29) is 18.8 Å². The first-order valence-electron chi connectivity index (χ1n) is 5.64. The van der Waals surface area contributed by atoms with E-state index in [1.807, 2.05) is 32.2 Å². The quantitative estimate of drug-likeness (QED) is 0.767. The van der Waals surface area contributed by atoms with Gasteiger partial charge in [0.1, 0.15) is 0 Å². The summed E-state index contributed by atoms with van der Waals surface area (Å²) in [6.07, 6.45) is 0.107. The zero-order chi connectivity index (χ0) is 11.8. The molecule has 2 rings (SSSR count). The molecule has 1 atom stereocenters. The van der Waals surface area contributed by atoms with Crippen molar-refractivity contribution in [1.82, 2.24) is 0 Å². The fourth-order valence-corrected chi connectivity index (χ4v) is 1.74. The van der Waals surface area contributed by atoms with Crippen LogP contribution in [0.3, 0.4) is 0 Å². The van der Waals surface area contributed by atoms with Crippen molar-refractivity contribution < 1.29 is 9.31 Å². The zero-order valence-electron chi connectivity index (χ0n) is 10.3. The number of anilines is 1. The van der Waals surface area contributed by atoms with Gasteiger partial charge in [-0.05, 0) is 38.4 Å². The van der Waals surface area contributed by atoms with E-state index in [0.29, 0.717) is 0 Å². The summed E-state index contributed by atoms with van der Waals surface area (Å²) >= 11 is 0. The third kappa shape index (κ3) is 2.08. The molecule has 86 valence electrons. The highest BCUT2D eigenvalue weighted by Gasteiger charge is 2.43. The van der Waals surface area contributed by atoms with Crippen molar-refractivity contribution in [3.8, 4) is 0 Å². The first-order chi connectivity index (χ1) is 7.53. The third-order valence-corrected chi connectivity index (χ3v) is 3.16. The highest BCUT2D eigenvalue weighted by atomic mass is 16.7. The Kier molecular flexibility index (Phi) is 2.95. The normalized spacial score (nSPS) is 23.5. The molecule has 0 aromatic heterocycles. The lowest BCUT2D eigenvalue weighted by Gasteiger charge is -2.21. The van der Waals surface area contributed by atoms with E-state index in [9.17, 15) is 0 Å². The number of rotatable bonds is 2. The minimum Gasteiger partial charge on any atom is -0.402 e. The average Bonchev–Trinajstić information content (AvgIpc) is 2.54. The number of benzene rings is 1. The van der Waals surface area contributed by atoms with Gasteiger partial charge in [0.25, 0.3) is 0 Å². The maximum absolute atomic E-state index is 5.90. The molecule has 1 saturated heterocycles. The van der Waals surface area contributed by atoms with Gasteiger partial charge in [-0.25, -0.2) is 0 Å². The van der Waals surface area contributed by atoms with Crippen molar-refractivity contribution in [2.24, 2.45) is 0 Å². The molecule has 1 aromatic carbocycles. The second-order valence-electron chi connectivity index (χ2n) is 4.71. The zero-order valence-corrected chi connectivity index (χ0v) is 10.3. The van der Waals surface area contributed by atoms with Gasteiger partial charge in [-0.2, -0.15) is 0 Å². The van der Waals surface area contributed by atoms with Crippen LogP contribution >= 0.6 is 0 Å². The second kappa shape index (κ2) is 4.11. The summed E-state index contributed by atoms with van der Waals surface area (Å²) < 4.78 is 11.7. The minimum absolute atomic E-state index is 0.107. The van der Waals surface area contributed by atoms with Crippen molar-refractivity contribution in [2.75, 3.05) is 12.4 Å². The summed E-state index contributed by atoms with van der Waals surface area (Å²) in [5, 5.41) is 3.11. The molecule has 0 amide bonds. The van der Waals surface area contributed by atoms with Gasteiger partial charge in [0.05, 0.1) is 11.7 Å². The van der Waals surface area contributed by atoms with Crippen molar-refractivity contribution >= 4 is 18.3 Å². The van der Waals surface area contributed by atoms with Gasteiger partial charge in [0.2, 0.25) is 0 Å². The lowest BCUT2D eigenvalue weighted by atomic mass is 9.79. The molecular weight excluding hydrogens is 201 g/mol. The Morgan fingerprint density at radius 3 is 2.69 bits per heavy atom. The molecule has 16 heavy (non-hydrogen) atoms. The van der Waals surface area contributed by atoms with Crippen LogP contribution in [0.15, 0.2) is 24.3 Å². The number of nitrogens with one attached hydrogen (secondary N) is 1. The molecule has 1 unspecified atom stereocenters. The van der Waals surface area contributed by atoms with E-state index in [1.54, 1.807) is 0 Å². The van der Waals surface area contributed by atoms with Gasteiger partial charge in [-0.1, -0.05) is 12.1 Å². The van der Waals surface area contributed by atoms with E-state index >= 15 is 0 Å². The molecule has 1 N–H and O–H groups in total. The Labute approximate surface area is 97.3 Å². The van der Waals surface area contributed by atoms with Crippen molar-refractivity contribution in [2.45, 2.75) is 32.5 Å². The van der Waals surface area contributed by atoms with E-state index in [0.717, 1.165) is 11.2 Å².